The van der Waals surface area contributed by atoms with Crippen LogP contribution in [-0.2, 0) is 0 Å². The van der Waals surface area contributed by atoms with Crippen LogP contribution in [0.3, 0.4) is 0 Å². The third-order valence-electron chi connectivity index (χ3n) is 4.33. The van der Waals surface area contributed by atoms with Crippen LogP contribution in [0.4, 0.5) is 0 Å². The molecule has 1 aromatic carbocycles. The Morgan fingerprint density at radius 1 is 1.16 bits per heavy atom. The van der Waals surface area contributed by atoms with Crippen LogP contribution in [0.25, 0.3) is 0 Å². The number of aryl methyl sites for hydroxylation is 2. The zero-order chi connectivity index (χ0) is 13.2. The van der Waals surface area contributed by atoms with Gasteiger partial charge in [-0.3, -0.25) is 0 Å². The second-order valence-corrected chi connectivity index (χ2v) is 7.41. The minimum atomic E-state index is 0.847. The Labute approximate surface area is 121 Å². The third kappa shape index (κ3) is 3.76. The van der Waals surface area contributed by atoms with Crippen molar-refractivity contribution in [2.24, 2.45) is 11.8 Å². The van der Waals surface area contributed by atoms with E-state index >= 15 is 0 Å². The first-order chi connectivity index (χ1) is 9.24. The topological polar surface area (TPSA) is 12.0 Å². The highest BCUT2D eigenvalue weighted by atomic mass is 32.2. The Hall–Kier alpha value is -0.470. The lowest BCUT2D eigenvalue weighted by molar-refractivity contribution is 0.429. The molecule has 0 saturated heterocycles. The second kappa shape index (κ2) is 5.88. The van der Waals surface area contributed by atoms with E-state index in [1.54, 1.807) is 0 Å². The molecule has 3 rings (SSSR count). The standard InChI is InChI=1S/C17H25NS/c1-12-3-8-16(13(2)11-12)19-10-9-18-17(14-4-5-14)15-6-7-15/h3,8,11,14-15,17-18H,4-7,9-10H2,1-2H3. The lowest BCUT2D eigenvalue weighted by Gasteiger charge is -2.17. The minimum absolute atomic E-state index is 0.847. The highest BCUT2D eigenvalue weighted by molar-refractivity contribution is 7.99. The maximum atomic E-state index is 3.82. The molecule has 104 valence electrons. The van der Waals surface area contributed by atoms with E-state index in [9.17, 15) is 0 Å². The summed E-state index contributed by atoms with van der Waals surface area (Å²) in [5, 5.41) is 3.82. The van der Waals surface area contributed by atoms with Crippen LogP contribution >= 0.6 is 11.8 Å². The van der Waals surface area contributed by atoms with Gasteiger partial charge in [-0.2, -0.15) is 0 Å². The second-order valence-electron chi connectivity index (χ2n) is 6.27. The van der Waals surface area contributed by atoms with Crippen LogP contribution < -0.4 is 5.32 Å². The summed E-state index contributed by atoms with van der Waals surface area (Å²) in [5.41, 5.74) is 2.79. The average molecular weight is 275 g/mol. The lowest BCUT2D eigenvalue weighted by Crippen LogP contribution is -2.34. The van der Waals surface area contributed by atoms with Crippen molar-refractivity contribution in [3.63, 3.8) is 0 Å². The number of hydrogen-bond donors (Lipinski definition) is 1. The summed E-state index contributed by atoms with van der Waals surface area (Å²) in [4.78, 5) is 1.45. The van der Waals surface area contributed by atoms with E-state index in [1.807, 2.05) is 11.8 Å². The summed E-state index contributed by atoms with van der Waals surface area (Å²) in [6, 6.07) is 7.63. The molecule has 1 N–H and O–H groups in total. The summed E-state index contributed by atoms with van der Waals surface area (Å²) < 4.78 is 0. The molecule has 19 heavy (non-hydrogen) atoms. The first-order valence-electron chi connectivity index (χ1n) is 7.67. The number of nitrogens with one attached hydrogen (secondary N) is 1. The van der Waals surface area contributed by atoms with Crippen LogP contribution in [0.5, 0.6) is 0 Å². The molecule has 0 aliphatic heterocycles. The number of hydrogen-bond acceptors (Lipinski definition) is 2. The van der Waals surface area contributed by atoms with E-state index in [4.69, 9.17) is 0 Å². The Bertz CT molecular complexity index is 423. The SMILES string of the molecule is Cc1ccc(SCCNC(C2CC2)C2CC2)c(C)c1. The number of thioether (sulfide) groups is 1. The summed E-state index contributed by atoms with van der Waals surface area (Å²) in [6.07, 6.45) is 5.88. The van der Waals surface area contributed by atoms with Crippen molar-refractivity contribution in [1.29, 1.82) is 0 Å². The average Bonchev–Trinajstić information content (AvgIpc) is 3.26. The lowest BCUT2D eigenvalue weighted by atomic mass is 10.1. The first-order valence-corrected chi connectivity index (χ1v) is 8.66. The molecule has 2 fully saturated rings. The van der Waals surface area contributed by atoms with Gasteiger partial charge in [0, 0.05) is 23.2 Å². The monoisotopic (exact) mass is 275 g/mol. The maximum Gasteiger partial charge on any atom is 0.0124 e. The fourth-order valence-electron chi connectivity index (χ4n) is 2.98. The van der Waals surface area contributed by atoms with Crippen molar-refractivity contribution in [1.82, 2.24) is 5.32 Å². The minimum Gasteiger partial charge on any atom is -0.313 e. The van der Waals surface area contributed by atoms with Gasteiger partial charge >= 0.3 is 0 Å². The van der Waals surface area contributed by atoms with Crippen LogP contribution in [-0.4, -0.2) is 18.3 Å². The highest BCUT2D eigenvalue weighted by Crippen LogP contribution is 2.44. The largest absolute Gasteiger partial charge is 0.313 e. The molecule has 1 nitrogen and oxygen atoms in total. The van der Waals surface area contributed by atoms with Crippen molar-refractivity contribution >= 4 is 11.8 Å². The summed E-state index contributed by atoms with van der Waals surface area (Å²) in [7, 11) is 0. The molecule has 2 saturated carbocycles. The van der Waals surface area contributed by atoms with E-state index in [2.05, 4.69) is 37.4 Å². The fraction of sp³-hybridized carbons (Fsp3) is 0.647. The van der Waals surface area contributed by atoms with Gasteiger partial charge in [0.25, 0.3) is 0 Å². The Balaban J connectivity index is 1.42. The van der Waals surface area contributed by atoms with Crippen molar-refractivity contribution in [2.75, 3.05) is 12.3 Å². The number of benzene rings is 1. The van der Waals surface area contributed by atoms with E-state index in [-0.39, 0.29) is 0 Å². The van der Waals surface area contributed by atoms with Crippen LogP contribution in [0.1, 0.15) is 36.8 Å². The molecule has 0 amide bonds. The predicted molar refractivity (Wildman–Crippen MR) is 83.9 cm³/mol. The Kier molecular flexibility index (Phi) is 4.18. The first kappa shape index (κ1) is 13.5. The van der Waals surface area contributed by atoms with Gasteiger partial charge in [0.2, 0.25) is 0 Å². The Morgan fingerprint density at radius 2 is 1.84 bits per heavy atom. The zero-order valence-electron chi connectivity index (χ0n) is 12.1. The summed E-state index contributed by atoms with van der Waals surface area (Å²) in [5.74, 6) is 3.22. The number of rotatable bonds is 7. The van der Waals surface area contributed by atoms with Gasteiger partial charge in [-0.15, -0.1) is 11.8 Å². The summed E-state index contributed by atoms with van der Waals surface area (Å²) >= 11 is 2.00. The third-order valence-corrected chi connectivity index (χ3v) is 5.51. The van der Waals surface area contributed by atoms with Gasteiger partial charge in [-0.1, -0.05) is 17.7 Å². The van der Waals surface area contributed by atoms with Crippen LogP contribution in [0.15, 0.2) is 23.1 Å². The predicted octanol–water partition coefficient (Wildman–Crippen LogP) is 4.17. The van der Waals surface area contributed by atoms with Crippen molar-refractivity contribution in [2.45, 2.75) is 50.5 Å². The molecule has 0 spiro atoms. The molecule has 0 radical (unpaired) electrons. The molecule has 2 aliphatic rings. The molecular formula is C17H25NS. The molecule has 2 heteroatoms. The van der Waals surface area contributed by atoms with Crippen molar-refractivity contribution < 1.29 is 0 Å². The smallest absolute Gasteiger partial charge is 0.0124 e. The Morgan fingerprint density at radius 3 is 2.42 bits per heavy atom. The fourth-order valence-corrected chi connectivity index (χ4v) is 3.87. The van der Waals surface area contributed by atoms with Gasteiger partial charge in [-0.05, 0) is 63.0 Å². The molecule has 0 atom stereocenters. The quantitative estimate of drug-likeness (QED) is 0.592. The van der Waals surface area contributed by atoms with E-state index in [0.29, 0.717) is 0 Å². The maximum absolute atomic E-state index is 3.82. The van der Waals surface area contributed by atoms with Crippen LogP contribution in [0.2, 0.25) is 0 Å². The molecule has 2 aliphatic carbocycles. The van der Waals surface area contributed by atoms with Crippen molar-refractivity contribution in [3.05, 3.63) is 29.3 Å². The summed E-state index contributed by atoms with van der Waals surface area (Å²) in [6.45, 7) is 5.55. The highest BCUT2D eigenvalue weighted by Gasteiger charge is 2.40. The molecule has 0 bridgehead atoms. The van der Waals surface area contributed by atoms with Gasteiger partial charge in [0.1, 0.15) is 0 Å². The molecule has 0 unspecified atom stereocenters. The normalized spacial score (nSPS) is 19.1. The zero-order valence-corrected chi connectivity index (χ0v) is 12.9. The van der Waals surface area contributed by atoms with Gasteiger partial charge in [-0.25, -0.2) is 0 Å². The van der Waals surface area contributed by atoms with Crippen LogP contribution in [0, 0.1) is 25.7 Å². The van der Waals surface area contributed by atoms with Gasteiger partial charge < -0.3 is 5.32 Å². The van der Waals surface area contributed by atoms with Crippen molar-refractivity contribution in [3.8, 4) is 0 Å². The molecule has 1 aromatic rings. The molecule has 0 heterocycles. The van der Waals surface area contributed by atoms with E-state index < -0.39 is 0 Å². The van der Waals surface area contributed by atoms with E-state index in [1.165, 1.54) is 47.5 Å². The van der Waals surface area contributed by atoms with E-state index in [0.717, 1.165) is 24.4 Å². The molecular weight excluding hydrogens is 250 g/mol. The molecule has 0 aromatic heterocycles. The van der Waals surface area contributed by atoms with Gasteiger partial charge in [0.05, 0.1) is 0 Å². The van der Waals surface area contributed by atoms with Gasteiger partial charge in [0.15, 0.2) is 0 Å².